The van der Waals surface area contributed by atoms with E-state index in [1.54, 1.807) is 6.07 Å². The van der Waals surface area contributed by atoms with E-state index in [4.69, 9.17) is 13.8 Å². The molecule has 2 aliphatic rings. The van der Waals surface area contributed by atoms with Gasteiger partial charge in [-0.15, -0.1) is 0 Å². The summed E-state index contributed by atoms with van der Waals surface area (Å²) in [5, 5.41) is 19.5. The maximum absolute atomic E-state index is 12.1. The Morgan fingerprint density at radius 2 is 1.70 bits per heavy atom. The van der Waals surface area contributed by atoms with Crippen LogP contribution in [0.4, 0.5) is 5.69 Å². The number of hydrogen-bond acceptors (Lipinski definition) is 7. The summed E-state index contributed by atoms with van der Waals surface area (Å²) >= 11 is -2.17. The van der Waals surface area contributed by atoms with E-state index in [1.165, 1.54) is 47.2 Å². The van der Waals surface area contributed by atoms with Crippen LogP contribution in [0.25, 0.3) is 22.2 Å². The van der Waals surface area contributed by atoms with Crippen LogP contribution in [0, 0.1) is 13.8 Å². The zero-order valence-electron chi connectivity index (χ0n) is 27.7. The van der Waals surface area contributed by atoms with Crippen molar-refractivity contribution in [3.05, 3.63) is 82.6 Å². The second-order valence-corrected chi connectivity index (χ2v) is 24.7. The summed E-state index contributed by atoms with van der Waals surface area (Å²) in [5.41, 5.74) is 8.16. The van der Waals surface area contributed by atoms with Gasteiger partial charge < -0.3 is 0 Å². The molecule has 0 spiro atoms. The number of carboxylic acid groups (broad SMARTS) is 1. The number of alkyl halides is 4. The van der Waals surface area contributed by atoms with Crippen LogP contribution in [-0.2, 0) is 17.6 Å². The minimum absolute atomic E-state index is 0.332. The Morgan fingerprint density at radius 1 is 0.957 bits per heavy atom. The average molecular weight is 752 g/mol. The molecule has 1 N–H and O–H groups in total. The number of aromatic carboxylic acids is 1. The Morgan fingerprint density at radius 3 is 2.40 bits per heavy atom. The summed E-state index contributed by atoms with van der Waals surface area (Å²) in [7, 11) is 0. The molecule has 4 heterocycles. The molecule has 0 amide bonds. The molecule has 10 heteroatoms. The first-order valence-corrected chi connectivity index (χ1v) is 23.9. The second kappa shape index (κ2) is 13.0. The van der Waals surface area contributed by atoms with E-state index in [1.807, 2.05) is 26.0 Å². The monoisotopic (exact) mass is 751 g/mol. The van der Waals surface area contributed by atoms with Crippen molar-refractivity contribution in [2.24, 2.45) is 0 Å². The van der Waals surface area contributed by atoms with Crippen LogP contribution in [0.15, 0.2) is 57.6 Å². The normalized spacial score (nSPS) is 15.8. The number of anilines is 1. The fourth-order valence-electron chi connectivity index (χ4n) is 7.37. The Kier molecular flexibility index (Phi) is 8.80. The molecule has 1 fully saturated rings. The molecule has 2 aromatic carbocycles. The number of carboxylic acids is 1. The number of fused-ring (bicyclic) bond motifs is 5. The number of aromatic nitrogens is 3. The van der Waals surface area contributed by atoms with Crippen LogP contribution in [0.3, 0.4) is 0 Å². The van der Waals surface area contributed by atoms with Crippen LogP contribution in [-0.4, -0.2) is 53.3 Å². The fraction of sp³-hybridized carbons (Fsp3) is 0.432. The van der Waals surface area contributed by atoms with Gasteiger partial charge >= 0.3 is 281 Å². The van der Waals surface area contributed by atoms with Crippen molar-refractivity contribution in [1.29, 1.82) is 0 Å². The van der Waals surface area contributed by atoms with Crippen molar-refractivity contribution in [3.63, 3.8) is 0 Å². The van der Waals surface area contributed by atoms with Gasteiger partial charge in [-0.3, -0.25) is 0 Å². The van der Waals surface area contributed by atoms with Gasteiger partial charge in [0.2, 0.25) is 0 Å². The number of carbonyl (C=O) groups is 1. The molecule has 0 radical (unpaired) electrons. The molecule has 1 aliphatic heterocycles. The average Bonchev–Trinajstić information content (AvgIpc) is 3.73. The van der Waals surface area contributed by atoms with Crippen LogP contribution >= 0.6 is 0 Å². The van der Waals surface area contributed by atoms with E-state index in [2.05, 4.69) is 60.0 Å². The Labute approximate surface area is 279 Å². The number of rotatable bonds is 10. The number of hydrogen-bond donors (Lipinski definition) is 1. The number of nitrogens with zero attached hydrogens (tertiary/aromatic N) is 4. The number of benzene rings is 2. The molecule has 250 valence electrons. The fourth-order valence-corrected chi connectivity index (χ4v) is 12.1. The summed E-state index contributed by atoms with van der Waals surface area (Å²) < 4.78 is 21.5. The van der Waals surface area contributed by atoms with Gasteiger partial charge in [0.05, 0.1) is 0 Å². The predicted octanol–water partition coefficient (Wildman–Crippen LogP) is 4.67. The van der Waals surface area contributed by atoms with Crippen LogP contribution < -0.4 is 28.1 Å². The predicted molar refractivity (Wildman–Crippen MR) is 180 cm³/mol. The standard InChI is InChI=1S/C37H44IN4O5/c1-24-18-28(39-46-24)22-38(3,4)14-15-41-16-17-42-34-20-27(37(43)44)10-12-31(34)35(26-8-6-5-7-9-26)36(42)32-13-11-30(21-33(32)41)45-23-29-19-25(2)47-40-29/h10-13,18-21,26H,5-9,14-17,22-23H2,1-4H3,(H,43,44)/q-1. The zero-order chi connectivity index (χ0) is 32.7. The van der Waals surface area contributed by atoms with Gasteiger partial charge in [0, 0.05) is 0 Å². The van der Waals surface area contributed by atoms with Crippen molar-refractivity contribution in [1.82, 2.24) is 14.9 Å². The van der Waals surface area contributed by atoms with Gasteiger partial charge in [-0.1, -0.05) is 0 Å². The van der Waals surface area contributed by atoms with E-state index >= 15 is 0 Å². The van der Waals surface area contributed by atoms with Crippen LogP contribution in [0.5, 0.6) is 5.75 Å². The van der Waals surface area contributed by atoms with Gasteiger partial charge in [-0.2, -0.15) is 0 Å². The number of aryl methyl sites for hydroxylation is 2. The first kappa shape index (κ1) is 31.8. The number of halogens is 1. The molecule has 0 unspecified atom stereocenters. The molecule has 0 atom stereocenters. The summed E-state index contributed by atoms with van der Waals surface area (Å²) in [6.45, 7) is 6.70. The van der Waals surface area contributed by atoms with Crippen LogP contribution in [0.2, 0.25) is 0 Å². The van der Waals surface area contributed by atoms with Crippen LogP contribution in [0.1, 0.15) is 76.9 Å². The van der Waals surface area contributed by atoms with E-state index in [0.717, 1.165) is 75.5 Å². The molecule has 9 nitrogen and oxygen atoms in total. The Hall–Kier alpha value is -3.80. The molecular formula is C37H44IN4O5-. The molecule has 0 bridgehead atoms. The summed E-state index contributed by atoms with van der Waals surface area (Å²) in [6, 6.07) is 16.2. The third-order valence-electron chi connectivity index (χ3n) is 9.63. The van der Waals surface area contributed by atoms with Crippen molar-refractivity contribution in [3.8, 4) is 17.0 Å². The summed E-state index contributed by atoms with van der Waals surface area (Å²) in [4.78, 5) is 19.6. The SMILES string of the molecule is Cc1cc(COc2ccc3c(c2)N(CC[I-](C)(C)Cc2cc(C)on2)CCn2c-3c(C3CCCCC3)c3ccc(C(=O)O)cc32)no1. The second-order valence-electron chi connectivity index (χ2n) is 13.6. The molecule has 5 aromatic rings. The quantitative estimate of drug-likeness (QED) is 0.162. The van der Waals surface area contributed by atoms with Crippen molar-refractivity contribution >= 4 is 22.6 Å². The molecule has 1 aliphatic carbocycles. The molecule has 7 rings (SSSR count). The molecule has 0 saturated heterocycles. The third kappa shape index (κ3) is 6.66. The van der Waals surface area contributed by atoms with Gasteiger partial charge in [0.15, 0.2) is 0 Å². The van der Waals surface area contributed by atoms with Gasteiger partial charge in [0.25, 0.3) is 0 Å². The molecular weight excluding hydrogens is 707 g/mol. The molecule has 1 saturated carbocycles. The first-order valence-electron chi connectivity index (χ1n) is 16.5. The Balaban J connectivity index is 1.30. The van der Waals surface area contributed by atoms with E-state index in [9.17, 15) is 9.90 Å². The maximum atomic E-state index is 12.1. The Bertz CT molecular complexity index is 1910. The van der Waals surface area contributed by atoms with Crippen molar-refractivity contribution in [2.75, 3.05) is 32.3 Å². The van der Waals surface area contributed by atoms with E-state index < -0.39 is 24.4 Å². The van der Waals surface area contributed by atoms with Crippen molar-refractivity contribution in [2.45, 2.75) is 69.4 Å². The first-order chi connectivity index (χ1) is 22.6. The summed E-state index contributed by atoms with van der Waals surface area (Å²) in [6.07, 6.45) is 6.05. The minimum atomic E-state index is -2.17. The topological polar surface area (TPSA) is 107 Å². The summed E-state index contributed by atoms with van der Waals surface area (Å²) in [5.74, 6) is 1.98. The number of ether oxygens (including phenoxy) is 1. The van der Waals surface area contributed by atoms with Gasteiger partial charge in [0.1, 0.15) is 0 Å². The van der Waals surface area contributed by atoms with E-state index in [0.29, 0.717) is 18.1 Å². The molecule has 47 heavy (non-hydrogen) atoms. The van der Waals surface area contributed by atoms with Crippen molar-refractivity contribution < 1.29 is 42.1 Å². The zero-order valence-corrected chi connectivity index (χ0v) is 29.9. The van der Waals surface area contributed by atoms with Gasteiger partial charge in [-0.05, 0) is 0 Å². The van der Waals surface area contributed by atoms with Gasteiger partial charge in [-0.25, -0.2) is 0 Å². The molecule has 3 aromatic heterocycles. The van der Waals surface area contributed by atoms with E-state index in [-0.39, 0.29) is 0 Å². The third-order valence-corrected chi connectivity index (χ3v) is 15.9.